The van der Waals surface area contributed by atoms with Gasteiger partial charge < -0.3 is 15.4 Å². The number of nitrogens with zero attached hydrogens (tertiary/aromatic N) is 2. The number of rotatable bonds is 12. The second-order valence-corrected chi connectivity index (χ2v) is 9.27. The molecule has 0 radical (unpaired) electrons. The van der Waals surface area contributed by atoms with Crippen molar-refractivity contribution in [2.45, 2.75) is 36.3 Å². The molecule has 15 heteroatoms. The molecule has 1 atom stereocenters. The largest absolute Gasteiger partial charge is 0.481 e. The zero-order chi connectivity index (χ0) is 28.2. The molecule has 6 N–H and O–H groups in total. The molecule has 1 aromatic carbocycles. The van der Waals surface area contributed by atoms with Gasteiger partial charge in [0.1, 0.15) is 18.7 Å². The minimum absolute atomic E-state index is 0.0906. The van der Waals surface area contributed by atoms with Crippen molar-refractivity contribution in [3.8, 4) is 17.6 Å². The summed E-state index contributed by atoms with van der Waals surface area (Å²) in [5.74, 6) is 5.22. The van der Waals surface area contributed by atoms with Gasteiger partial charge in [-0.15, -0.1) is 17.7 Å². The zero-order valence-electron chi connectivity index (χ0n) is 20.9. The van der Waals surface area contributed by atoms with Gasteiger partial charge in [0.25, 0.3) is 11.5 Å². The summed E-state index contributed by atoms with van der Waals surface area (Å²) in [5, 5.41) is 13.6. The van der Waals surface area contributed by atoms with Gasteiger partial charge >= 0.3 is 11.7 Å². The van der Waals surface area contributed by atoms with Crippen molar-refractivity contribution in [3.63, 3.8) is 0 Å². The lowest BCUT2D eigenvalue weighted by Crippen LogP contribution is -2.39. The number of aromatic nitrogens is 4. The number of carbonyl (C=O) groups is 3. The minimum atomic E-state index is -0.794. The van der Waals surface area contributed by atoms with Crippen molar-refractivity contribution in [1.29, 1.82) is 0 Å². The Morgan fingerprint density at radius 2 is 1.92 bits per heavy atom. The third kappa shape index (κ3) is 8.48. The predicted octanol–water partition coefficient (Wildman–Crippen LogP) is 0.326. The number of carbonyl (C=O) groups excluding carboxylic acids is 3. The van der Waals surface area contributed by atoms with Crippen LogP contribution in [0.2, 0.25) is 0 Å². The molecule has 3 amide bonds. The Morgan fingerprint density at radius 1 is 1.15 bits per heavy atom. The molecule has 0 bridgehead atoms. The summed E-state index contributed by atoms with van der Waals surface area (Å²) in [5.41, 5.74) is -0.0533. The number of thioether (sulfide) groups is 1. The van der Waals surface area contributed by atoms with Crippen LogP contribution in [-0.4, -0.2) is 67.5 Å². The number of benzene rings is 1. The van der Waals surface area contributed by atoms with Crippen molar-refractivity contribution in [3.05, 3.63) is 51.4 Å². The number of hydroxylamine groups is 1. The lowest BCUT2D eigenvalue weighted by Gasteiger charge is -2.15. The van der Waals surface area contributed by atoms with Crippen LogP contribution in [-0.2, 0) is 9.59 Å². The van der Waals surface area contributed by atoms with Crippen molar-refractivity contribution >= 4 is 40.8 Å². The Hall–Kier alpha value is -4.55. The Morgan fingerprint density at radius 3 is 2.64 bits per heavy atom. The van der Waals surface area contributed by atoms with E-state index < -0.39 is 34.3 Å². The first-order valence-electron chi connectivity index (χ1n) is 11.8. The number of H-pyrrole nitrogens is 2. The maximum absolute atomic E-state index is 12.3. The molecule has 0 aliphatic heterocycles. The van der Waals surface area contributed by atoms with Crippen LogP contribution in [0.25, 0.3) is 11.2 Å². The number of imidazole rings is 1. The van der Waals surface area contributed by atoms with Crippen molar-refractivity contribution in [2.24, 2.45) is 0 Å². The van der Waals surface area contributed by atoms with Gasteiger partial charge in [-0.1, -0.05) is 12.3 Å². The Bertz CT molecular complexity index is 1480. The fourth-order valence-electron chi connectivity index (χ4n) is 3.36. The van der Waals surface area contributed by atoms with Crippen LogP contribution < -0.4 is 32.1 Å². The van der Waals surface area contributed by atoms with Gasteiger partial charge in [0.2, 0.25) is 5.91 Å². The Kier molecular flexibility index (Phi) is 10.7. The zero-order valence-corrected chi connectivity index (χ0v) is 21.7. The fourth-order valence-corrected chi connectivity index (χ4v) is 4.43. The van der Waals surface area contributed by atoms with Gasteiger partial charge in [0, 0.05) is 11.4 Å². The Balaban J connectivity index is 1.40. The molecule has 2 heterocycles. The topological polar surface area (TPSA) is 200 Å². The van der Waals surface area contributed by atoms with E-state index in [2.05, 4.69) is 32.4 Å². The van der Waals surface area contributed by atoms with E-state index in [0.717, 1.165) is 15.8 Å². The average molecular weight is 558 g/mol. The monoisotopic (exact) mass is 557 g/mol. The van der Waals surface area contributed by atoms with Gasteiger partial charge in [0.15, 0.2) is 11.2 Å². The molecule has 0 fully saturated rings. The number of unbranched alkanes of at least 4 members (excludes halogenated alkanes) is 1. The maximum atomic E-state index is 12.3. The van der Waals surface area contributed by atoms with Crippen molar-refractivity contribution in [2.75, 3.05) is 19.7 Å². The van der Waals surface area contributed by atoms with Gasteiger partial charge in [-0.05, 0) is 44.0 Å². The molecule has 0 saturated heterocycles. The molecule has 206 valence electrons. The van der Waals surface area contributed by atoms with Crippen LogP contribution in [0.3, 0.4) is 0 Å². The van der Waals surface area contributed by atoms with E-state index in [1.807, 2.05) is 17.1 Å². The van der Waals surface area contributed by atoms with Crippen LogP contribution in [0.4, 0.5) is 4.79 Å². The Labute approximate surface area is 225 Å². The number of hydrogen-bond donors (Lipinski definition) is 6. The summed E-state index contributed by atoms with van der Waals surface area (Å²) >= 11 is 1.29. The molecule has 2 aromatic heterocycles. The van der Waals surface area contributed by atoms with E-state index in [1.165, 1.54) is 11.8 Å². The predicted molar refractivity (Wildman–Crippen MR) is 142 cm³/mol. The van der Waals surface area contributed by atoms with Crippen LogP contribution in [0, 0.1) is 11.8 Å². The van der Waals surface area contributed by atoms with Gasteiger partial charge in [-0.2, -0.15) is 0 Å². The number of ether oxygens (including phenoxy) is 1. The number of hydrogen-bond acceptors (Lipinski definition) is 9. The first-order chi connectivity index (χ1) is 18.8. The van der Waals surface area contributed by atoms with E-state index in [4.69, 9.17) is 9.94 Å². The fraction of sp³-hybridized carbons (Fsp3) is 0.333. The van der Waals surface area contributed by atoms with E-state index in [0.29, 0.717) is 31.6 Å². The number of aromatic amines is 2. The van der Waals surface area contributed by atoms with E-state index in [-0.39, 0.29) is 24.3 Å². The third-order valence-corrected chi connectivity index (χ3v) is 6.55. The lowest BCUT2D eigenvalue weighted by molar-refractivity contribution is -0.128. The van der Waals surface area contributed by atoms with Crippen LogP contribution in [0.1, 0.15) is 26.2 Å². The summed E-state index contributed by atoms with van der Waals surface area (Å²) in [6.07, 6.45) is 2.64. The summed E-state index contributed by atoms with van der Waals surface area (Å²) in [7, 11) is 0. The number of fused-ring (bicyclic) bond motifs is 1. The molecule has 0 aliphatic rings. The quantitative estimate of drug-likeness (QED) is 0.0597. The van der Waals surface area contributed by atoms with Crippen LogP contribution in [0.5, 0.6) is 5.75 Å². The highest BCUT2D eigenvalue weighted by molar-refractivity contribution is 8.00. The van der Waals surface area contributed by atoms with Crippen LogP contribution >= 0.6 is 11.8 Å². The second-order valence-electron chi connectivity index (χ2n) is 7.99. The second kappa shape index (κ2) is 14.4. The van der Waals surface area contributed by atoms with Gasteiger partial charge in [0.05, 0.1) is 11.8 Å². The van der Waals surface area contributed by atoms with Crippen molar-refractivity contribution < 1.29 is 24.3 Å². The minimum Gasteiger partial charge on any atom is -0.481 e. The molecule has 0 saturated carbocycles. The molecule has 3 aromatic rings. The molecule has 3 rings (SSSR count). The van der Waals surface area contributed by atoms with E-state index in [1.54, 1.807) is 24.5 Å². The molecular formula is C24H27N7O7S. The highest BCUT2D eigenvalue weighted by atomic mass is 32.2. The number of amides is 3. The summed E-state index contributed by atoms with van der Waals surface area (Å²) in [6.45, 7) is 1.97. The molecule has 39 heavy (non-hydrogen) atoms. The smallest absolute Gasteiger partial charge is 0.328 e. The van der Waals surface area contributed by atoms with Crippen LogP contribution in [0.15, 0.2) is 45.1 Å². The van der Waals surface area contributed by atoms with Gasteiger partial charge in [-0.3, -0.25) is 29.6 Å². The first-order valence-corrected chi connectivity index (χ1v) is 12.7. The SMILES string of the molecule is CC#CCOc1ccc(SC(CCCCNC(=O)CNC(=O)n2cnc3c(=O)[nH]c(=O)[nH]c32)C(=O)NO)cc1. The molecular weight excluding hydrogens is 530 g/mol. The summed E-state index contributed by atoms with van der Waals surface area (Å²) in [6, 6.07) is 6.42. The molecule has 0 aliphatic carbocycles. The summed E-state index contributed by atoms with van der Waals surface area (Å²) < 4.78 is 6.39. The molecule has 0 spiro atoms. The standard InChI is InChI=1S/C24H27N7O7S/c1-2-3-12-38-15-7-9-16(10-8-15)39-17(21(33)30-37)6-4-5-11-25-18(32)13-26-24(36)31-14-27-19-20(31)28-23(35)29-22(19)34/h7-10,14,17,37H,4-6,11-13H2,1H3,(H,25,32)(H,26,36)(H,30,33)(H2,28,29,34,35). The molecule has 14 nitrogen and oxygen atoms in total. The van der Waals surface area contributed by atoms with Gasteiger partial charge in [-0.25, -0.2) is 24.6 Å². The highest BCUT2D eigenvalue weighted by Crippen LogP contribution is 2.28. The number of nitrogens with one attached hydrogen (secondary N) is 5. The molecule has 1 unspecified atom stereocenters. The van der Waals surface area contributed by atoms with E-state index in [9.17, 15) is 24.0 Å². The lowest BCUT2D eigenvalue weighted by atomic mass is 10.2. The maximum Gasteiger partial charge on any atom is 0.328 e. The van der Waals surface area contributed by atoms with E-state index >= 15 is 0 Å². The normalized spacial score (nSPS) is 11.2. The first kappa shape index (κ1) is 29.0. The summed E-state index contributed by atoms with van der Waals surface area (Å²) in [4.78, 5) is 68.7. The van der Waals surface area contributed by atoms with Crippen molar-refractivity contribution in [1.82, 2.24) is 35.6 Å². The average Bonchev–Trinajstić information content (AvgIpc) is 3.35. The third-order valence-electron chi connectivity index (χ3n) is 5.27. The highest BCUT2D eigenvalue weighted by Gasteiger charge is 2.19.